The number of carboxylic acids is 1. The van der Waals surface area contributed by atoms with Gasteiger partial charge in [0.1, 0.15) is 30.2 Å². The van der Waals surface area contributed by atoms with Crippen molar-refractivity contribution in [3.05, 3.63) is 75.8 Å². The molecule has 0 unspecified atom stereocenters. The van der Waals surface area contributed by atoms with Crippen molar-refractivity contribution in [2.45, 2.75) is 42.8 Å². The van der Waals surface area contributed by atoms with E-state index in [1.54, 1.807) is 38.5 Å². The lowest BCUT2D eigenvalue weighted by atomic mass is 9.98. The molecule has 1 saturated heterocycles. The van der Waals surface area contributed by atoms with Gasteiger partial charge in [-0.15, -0.1) is 6.42 Å². The normalized spacial score (nSPS) is 15.7. The van der Waals surface area contributed by atoms with E-state index in [9.17, 15) is 23.1 Å². The molecule has 0 aromatic heterocycles. The number of carboxylic acid groups (broad SMARTS) is 1. The molecule has 3 aromatic rings. The quantitative estimate of drug-likeness (QED) is 0.195. The number of nitrogens with zero attached hydrogens (tertiary/aromatic N) is 1. The highest BCUT2D eigenvalue weighted by atomic mass is 35.5. The second-order valence-electron chi connectivity index (χ2n) is 10.3. The lowest BCUT2D eigenvalue weighted by Gasteiger charge is -2.25. The number of aliphatic carboxylic acids is 1. The minimum Gasteiger partial charge on any atom is -0.496 e. The van der Waals surface area contributed by atoms with Gasteiger partial charge in [0.05, 0.1) is 31.3 Å². The second kappa shape index (κ2) is 15.0. The Labute approximate surface area is 272 Å². The maximum Gasteiger partial charge on any atom is 0.326 e. The predicted octanol–water partition coefficient (Wildman–Crippen LogP) is 4.79. The summed E-state index contributed by atoms with van der Waals surface area (Å²) in [5.74, 6) is 1.56. The second-order valence-corrected chi connectivity index (χ2v) is 13.0. The lowest BCUT2D eigenvalue weighted by Crippen LogP contribution is -2.51. The van der Waals surface area contributed by atoms with E-state index in [0.29, 0.717) is 29.0 Å². The zero-order chi connectivity index (χ0) is 32.7. The summed E-state index contributed by atoms with van der Waals surface area (Å²) in [6.45, 7) is 0.537. The van der Waals surface area contributed by atoms with Crippen LogP contribution >= 0.6 is 23.2 Å². The molecule has 1 aliphatic rings. The number of benzene rings is 3. The van der Waals surface area contributed by atoms with Crippen LogP contribution in [0.2, 0.25) is 10.0 Å². The number of methoxy groups -OCH3 is 2. The summed E-state index contributed by atoms with van der Waals surface area (Å²) in [7, 11) is -1.04. The van der Waals surface area contributed by atoms with E-state index in [4.69, 9.17) is 43.8 Å². The first-order valence-electron chi connectivity index (χ1n) is 13.8. The molecular weight excluding hydrogens is 643 g/mol. The molecule has 4 rings (SSSR count). The van der Waals surface area contributed by atoms with E-state index in [1.807, 2.05) is 12.1 Å². The van der Waals surface area contributed by atoms with E-state index in [-0.39, 0.29) is 47.5 Å². The monoisotopic (exact) mass is 674 g/mol. The van der Waals surface area contributed by atoms with Crippen molar-refractivity contribution in [3.63, 3.8) is 0 Å². The van der Waals surface area contributed by atoms with Crippen LogP contribution in [0.5, 0.6) is 11.5 Å². The van der Waals surface area contributed by atoms with Crippen molar-refractivity contribution in [2.24, 2.45) is 0 Å². The van der Waals surface area contributed by atoms with Gasteiger partial charge in [-0.3, -0.25) is 4.79 Å². The molecule has 13 heteroatoms. The first kappa shape index (κ1) is 34.1. The predicted molar refractivity (Wildman–Crippen MR) is 170 cm³/mol. The molecule has 1 aliphatic heterocycles. The summed E-state index contributed by atoms with van der Waals surface area (Å²) in [6, 6.07) is 12.3. The van der Waals surface area contributed by atoms with Crippen LogP contribution in [-0.2, 0) is 37.4 Å². The molecule has 3 aromatic carbocycles. The fourth-order valence-corrected chi connectivity index (χ4v) is 7.56. The number of hydrogen-bond donors (Lipinski definition) is 2. The minimum atomic E-state index is -4.12. The van der Waals surface area contributed by atoms with Gasteiger partial charge in [0.25, 0.3) is 0 Å². The molecule has 1 heterocycles. The Morgan fingerprint density at radius 3 is 2.22 bits per heavy atom. The zero-order valence-corrected chi connectivity index (χ0v) is 26.9. The van der Waals surface area contributed by atoms with Crippen LogP contribution < -0.4 is 14.8 Å². The van der Waals surface area contributed by atoms with Crippen LogP contribution in [-0.4, -0.2) is 69.2 Å². The molecule has 0 spiro atoms. The van der Waals surface area contributed by atoms with Crippen molar-refractivity contribution < 1.29 is 37.3 Å². The molecule has 0 radical (unpaired) electrons. The number of amides is 1. The highest BCUT2D eigenvalue weighted by Crippen LogP contribution is 2.40. The number of ether oxygens (including phenoxy) is 3. The molecule has 1 fully saturated rings. The zero-order valence-electron chi connectivity index (χ0n) is 24.6. The minimum absolute atomic E-state index is 0.0373. The smallest absolute Gasteiger partial charge is 0.326 e. The van der Waals surface area contributed by atoms with Gasteiger partial charge in [-0.05, 0) is 59.9 Å². The number of nitrogens with one attached hydrogen (secondary N) is 1. The molecule has 238 valence electrons. The van der Waals surface area contributed by atoms with Crippen molar-refractivity contribution >= 4 is 45.1 Å². The summed E-state index contributed by atoms with van der Waals surface area (Å²) in [5.41, 5.74) is 2.89. The largest absolute Gasteiger partial charge is 0.496 e. The number of hydrogen-bond acceptors (Lipinski definition) is 7. The molecule has 45 heavy (non-hydrogen) atoms. The van der Waals surface area contributed by atoms with Gasteiger partial charge in [-0.25, -0.2) is 13.2 Å². The van der Waals surface area contributed by atoms with Crippen molar-refractivity contribution in [3.8, 4) is 35.0 Å². The maximum absolute atomic E-state index is 13.4. The van der Waals surface area contributed by atoms with Gasteiger partial charge in [0.2, 0.25) is 15.9 Å². The number of terminal acetylenes is 1. The van der Waals surface area contributed by atoms with Crippen LogP contribution in [0.3, 0.4) is 0 Å². The summed E-state index contributed by atoms with van der Waals surface area (Å²) < 4.78 is 44.5. The third kappa shape index (κ3) is 8.09. The van der Waals surface area contributed by atoms with Crippen LogP contribution in [0.15, 0.2) is 59.5 Å². The van der Waals surface area contributed by atoms with Gasteiger partial charge >= 0.3 is 5.97 Å². The number of sulfonamides is 1. The Hall–Kier alpha value is -3.79. The maximum atomic E-state index is 13.4. The van der Waals surface area contributed by atoms with Crippen molar-refractivity contribution in [1.29, 1.82) is 0 Å². The lowest BCUT2D eigenvalue weighted by molar-refractivity contribution is -0.142. The van der Waals surface area contributed by atoms with E-state index < -0.39 is 34.0 Å². The SMILES string of the molecule is C#CCOCc1cc(OC)c(-c2ccc(C[C@H](NC(=O)[C@@H]3CCCN3S(=O)(=O)c3cc(Cl)cc(Cl)c3)C(=O)O)cc2)c(OC)c1. The summed E-state index contributed by atoms with van der Waals surface area (Å²) >= 11 is 12.0. The molecule has 0 saturated carbocycles. The molecular formula is C32H32Cl2N2O8S. The van der Waals surface area contributed by atoms with Crippen LogP contribution in [0.4, 0.5) is 0 Å². The topological polar surface area (TPSA) is 131 Å². The molecule has 2 atom stereocenters. The molecule has 0 aliphatic carbocycles. The van der Waals surface area contributed by atoms with Crippen LogP contribution in [0.1, 0.15) is 24.0 Å². The average molecular weight is 676 g/mol. The summed E-state index contributed by atoms with van der Waals surface area (Å²) in [4.78, 5) is 25.3. The summed E-state index contributed by atoms with van der Waals surface area (Å²) in [5, 5.41) is 12.7. The first-order chi connectivity index (χ1) is 21.5. The Morgan fingerprint density at radius 1 is 1.04 bits per heavy atom. The molecule has 2 N–H and O–H groups in total. The molecule has 0 bridgehead atoms. The molecule has 1 amide bonds. The van der Waals surface area contributed by atoms with Gasteiger partial charge in [0.15, 0.2) is 0 Å². The highest BCUT2D eigenvalue weighted by molar-refractivity contribution is 7.89. The van der Waals surface area contributed by atoms with Gasteiger partial charge in [-0.2, -0.15) is 4.31 Å². The average Bonchev–Trinajstić information content (AvgIpc) is 3.52. The van der Waals surface area contributed by atoms with Gasteiger partial charge < -0.3 is 24.6 Å². The van der Waals surface area contributed by atoms with Crippen molar-refractivity contribution in [1.82, 2.24) is 9.62 Å². The fraction of sp³-hybridized carbons (Fsp3) is 0.312. The Bertz CT molecular complexity index is 1660. The Balaban J connectivity index is 1.50. The summed E-state index contributed by atoms with van der Waals surface area (Å²) in [6.07, 6.45) is 5.88. The van der Waals surface area contributed by atoms with E-state index in [1.165, 1.54) is 18.2 Å². The Kier molecular flexibility index (Phi) is 11.4. The van der Waals surface area contributed by atoms with Gasteiger partial charge in [-0.1, -0.05) is 53.4 Å². The van der Waals surface area contributed by atoms with E-state index in [0.717, 1.165) is 15.4 Å². The number of carbonyl (C=O) groups is 2. The third-order valence-corrected chi connectivity index (χ3v) is 9.59. The third-order valence-electron chi connectivity index (χ3n) is 7.27. The van der Waals surface area contributed by atoms with E-state index >= 15 is 0 Å². The number of carbonyl (C=O) groups excluding carboxylic acids is 1. The van der Waals surface area contributed by atoms with Crippen molar-refractivity contribution in [2.75, 3.05) is 27.4 Å². The van der Waals surface area contributed by atoms with Crippen LogP contribution in [0.25, 0.3) is 11.1 Å². The highest BCUT2D eigenvalue weighted by Gasteiger charge is 2.40. The fourth-order valence-electron chi connectivity index (χ4n) is 5.18. The Morgan fingerprint density at radius 2 is 1.67 bits per heavy atom. The molecule has 10 nitrogen and oxygen atoms in total. The van der Waals surface area contributed by atoms with Gasteiger partial charge in [0, 0.05) is 23.0 Å². The first-order valence-corrected chi connectivity index (χ1v) is 16.0. The standard InChI is InChI=1S/C32H32Cl2N2O8S/c1-4-12-44-19-21-14-28(42-2)30(29(15-21)43-3)22-9-7-20(8-10-22)13-26(32(38)39)35-31(37)27-6-5-11-36(27)45(40,41)25-17-23(33)16-24(34)18-25/h1,7-10,14-18,26-27H,5-6,11-13,19H2,2-3H3,(H,35,37)(H,38,39)/t26-,27-/m0/s1. The van der Waals surface area contributed by atoms with Crippen LogP contribution in [0, 0.1) is 12.3 Å². The number of rotatable bonds is 13. The number of halogens is 2. The van der Waals surface area contributed by atoms with E-state index in [2.05, 4.69) is 11.2 Å².